The molecule has 0 aromatic carbocycles. The molecule has 1 aromatic heterocycles. The van der Waals surface area contributed by atoms with Crippen LogP contribution in [0.2, 0.25) is 0 Å². The van der Waals surface area contributed by atoms with Gasteiger partial charge in [-0.3, -0.25) is 19.2 Å². The van der Waals surface area contributed by atoms with E-state index in [0.717, 1.165) is 10.8 Å². The van der Waals surface area contributed by atoms with Crippen LogP contribution in [0.25, 0.3) is 0 Å². The molecule has 1 heterocycles. The third-order valence-electron chi connectivity index (χ3n) is 3.85. The van der Waals surface area contributed by atoms with E-state index >= 15 is 0 Å². The van der Waals surface area contributed by atoms with E-state index in [4.69, 9.17) is 22.9 Å². The molecule has 13 heteroatoms. The largest absolute Gasteiger partial charge is 0.370 e. The average Bonchev–Trinajstić information content (AvgIpc) is 2.90. The van der Waals surface area contributed by atoms with Crippen molar-refractivity contribution in [2.75, 3.05) is 0 Å². The minimum atomic E-state index is -1.56. The molecule has 1 rings (SSSR count). The molecule has 0 bridgehead atoms. The van der Waals surface area contributed by atoms with Crippen LogP contribution in [0.3, 0.4) is 0 Å². The van der Waals surface area contributed by atoms with Crippen LogP contribution in [0.4, 0.5) is 5.82 Å². The molecule has 27 heavy (non-hydrogen) atoms. The highest BCUT2D eigenvalue weighted by Crippen LogP contribution is 2.19. The van der Waals surface area contributed by atoms with Gasteiger partial charge in [-0.25, -0.2) is 9.55 Å². The number of amides is 2. The lowest BCUT2D eigenvalue weighted by Gasteiger charge is -2.20. The second kappa shape index (κ2) is 8.95. The summed E-state index contributed by atoms with van der Waals surface area (Å²) in [4.78, 5) is 61.4. The average molecular weight is 383 g/mol. The lowest BCUT2D eigenvalue weighted by Crippen LogP contribution is -2.48. The van der Waals surface area contributed by atoms with Gasteiger partial charge in [-0.05, 0) is 4.92 Å². The van der Waals surface area contributed by atoms with E-state index < -0.39 is 71.5 Å². The molecular weight excluding hydrogens is 362 g/mol. The van der Waals surface area contributed by atoms with Gasteiger partial charge >= 0.3 is 5.82 Å². The van der Waals surface area contributed by atoms with Crippen LogP contribution < -0.4 is 22.9 Å². The molecule has 0 radical (unpaired) electrons. The summed E-state index contributed by atoms with van der Waals surface area (Å²) in [7, 11) is 0. The standard InChI is InChI=1S/C14H21N7O6/c1-6-19-4-12(21(26)27)20(6)5-7(13(24)8(15)2-10(17)22)14(25)9(16)3-11(18)23/h4,7-9H,2-3,5,15-16H2,1H3,(H2,17,22)(H2,18,23)/t8-,9-/m0/s1. The van der Waals surface area contributed by atoms with E-state index in [0.29, 0.717) is 0 Å². The predicted octanol–water partition coefficient (Wildman–Crippen LogP) is -2.74. The Morgan fingerprint density at radius 3 is 1.93 bits per heavy atom. The van der Waals surface area contributed by atoms with Crippen molar-refractivity contribution in [2.45, 2.75) is 38.4 Å². The van der Waals surface area contributed by atoms with E-state index in [1.165, 1.54) is 6.92 Å². The van der Waals surface area contributed by atoms with Gasteiger partial charge in [-0.1, -0.05) is 0 Å². The zero-order chi connectivity index (χ0) is 20.9. The van der Waals surface area contributed by atoms with Crippen LogP contribution in [-0.2, 0) is 25.7 Å². The van der Waals surface area contributed by atoms with E-state index in [2.05, 4.69) is 4.98 Å². The maximum absolute atomic E-state index is 12.6. The number of nitrogens with two attached hydrogens (primary N) is 4. The third-order valence-corrected chi connectivity index (χ3v) is 3.85. The predicted molar refractivity (Wildman–Crippen MR) is 90.7 cm³/mol. The van der Waals surface area contributed by atoms with Crippen molar-refractivity contribution in [3.63, 3.8) is 0 Å². The first-order chi connectivity index (χ1) is 12.5. The number of hydrogen-bond donors (Lipinski definition) is 4. The summed E-state index contributed by atoms with van der Waals surface area (Å²) in [5.41, 5.74) is 21.3. The smallest absolute Gasteiger partial charge is 0.342 e. The molecule has 0 saturated carbocycles. The highest BCUT2D eigenvalue weighted by Gasteiger charge is 2.37. The second-order valence-corrected chi connectivity index (χ2v) is 5.94. The maximum atomic E-state index is 12.6. The Hall–Kier alpha value is -3.19. The number of carbonyl (C=O) groups excluding carboxylic acids is 4. The van der Waals surface area contributed by atoms with Crippen molar-refractivity contribution in [2.24, 2.45) is 28.9 Å². The molecule has 0 unspecified atom stereocenters. The Balaban J connectivity index is 3.25. The summed E-state index contributed by atoms with van der Waals surface area (Å²) in [6, 6.07) is -2.83. The van der Waals surface area contributed by atoms with Crippen molar-refractivity contribution in [3.8, 4) is 0 Å². The molecule has 0 fully saturated rings. The van der Waals surface area contributed by atoms with Gasteiger partial charge in [0.1, 0.15) is 18.7 Å². The highest BCUT2D eigenvalue weighted by atomic mass is 16.6. The number of Topliss-reactive ketones (excluding diaryl/α,β-unsaturated/α-hetero) is 2. The van der Waals surface area contributed by atoms with Crippen LogP contribution >= 0.6 is 0 Å². The van der Waals surface area contributed by atoms with Crippen molar-refractivity contribution >= 4 is 29.2 Å². The van der Waals surface area contributed by atoms with Gasteiger partial charge in [0.2, 0.25) is 11.8 Å². The summed E-state index contributed by atoms with van der Waals surface area (Å²) in [5.74, 6) is -5.35. The number of hydrogen-bond acceptors (Lipinski definition) is 9. The number of rotatable bonds is 11. The SMILES string of the molecule is Cc1ncc([N+](=O)[O-])n1CC(C(=O)[C@@H](N)CC(N)=O)C(=O)[C@@H](N)CC(N)=O. The molecule has 0 saturated heterocycles. The first-order valence-electron chi connectivity index (χ1n) is 7.77. The highest BCUT2D eigenvalue weighted by molar-refractivity contribution is 6.08. The van der Waals surface area contributed by atoms with E-state index in [1.807, 2.05) is 0 Å². The van der Waals surface area contributed by atoms with Crippen molar-refractivity contribution in [3.05, 3.63) is 22.1 Å². The number of nitro groups is 1. The molecule has 148 valence electrons. The summed E-state index contributed by atoms with van der Waals surface area (Å²) in [6.07, 6.45) is -0.0919. The van der Waals surface area contributed by atoms with Crippen molar-refractivity contribution < 1.29 is 24.1 Å². The first kappa shape index (κ1) is 21.9. The lowest BCUT2D eigenvalue weighted by molar-refractivity contribution is -0.392. The molecule has 0 spiro atoms. The Morgan fingerprint density at radius 2 is 1.56 bits per heavy atom. The molecule has 13 nitrogen and oxygen atoms in total. The molecule has 2 amide bonds. The number of aryl methyl sites for hydroxylation is 1. The Labute approximate surface area is 153 Å². The number of carbonyl (C=O) groups is 4. The van der Waals surface area contributed by atoms with Gasteiger partial charge in [0.05, 0.1) is 12.1 Å². The van der Waals surface area contributed by atoms with Gasteiger partial charge in [0, 0.05) is 19.8 Å². The number of aromatic nitrogens is 2. The van der Waals surface area contributed by atoms with Crippen LogP contribution in [0, 0.1) is 23.0 Å². The number of primary amides is 2. The van der Waals surface area contributed by atoms with E-state index in [9.17, 15) is 29.3 Å². The lowest BCUT2D eigenvalue weighted by atomic mass is 9.88. The minimum Gasteiger partial charge on any atom is -0.370 e. The second-order valence-electron chi connectivity index (χ2n) is 5.94. The quantitative estimate of drug-likeness (QED) is 0.176. The summed E-state index contributed by atoms with van der Waals surface area (Å²) < 4.78 is 1.04. The normalized spacial score (nSPS) is 13.2. The van der Waals surface area contributed by atoms with Gasteiger partial charge in [-0.2, -0.15) is 0 Å². The number of nitrogens with zero attached hydrogens (tertiary/aromatic N) is 3. The van der Waals surface area contributed by atoms with Crippen LogP contribution in [0.5, 0.6) is 0 Å². The Kier molecular flexibility index (Phi) is 7.25. The number of ketones is 2. The fourth-order valence-electron chi connectivity index (χ4n) is 2.48. The fraction of sp³-hybridized carbons (Fsp3) is 0.500. The Bertz CT molecular complexity index is 740. The molecule has 8 N–H and O–H groups in total. The van der Waals surface area contributed by atoms with Crippen LogP contribution in [0.15, 0.2) is 6.20 Å². The van der Waals surface area contributed by atoms with Gasteiger partial charge in [0.25, 0.3) is 0 Å². The molecule has 0 aliphatic heterocycles. The maximum Gasteiger partial charge on any atom is 0.342 e. The monoisotopic (exact) mass is 383 g/mol. The van der Waals surface area contributed by atoms with E-state index in [-0.39, 0.29) is 5.82 Å². The van der Waals surface area contributed by atoms with Gasteiger partial charge in [-0.15, -0.1) is 0 Å². The van der Waals surface area contributed by atoms with Crippen molar-refractivity contribution in [1.82, 2.24) is 9.55 Å². The van der Waals surface area contributed by atoms with Gasteiger partial charge in [0.15, 0.2) is 17.4 Å². The molecule has 2 atom stereocenters. The first-order valence-corrected chi connectivity index (χ1v) is 7.77. The van der Waals surface area contributed by atoms with Gasteiger partial charge < -0.3 is 33.0 Å². The Morgan fingerprint density at radius 1 is 1.11 bits per heavy atom. The van der Waals surface area contributed by atoms with Crippen LogP contribution in [-0.4, -0.2) is 49.9 Å². The molecular formula is C14H21N7O6. The van der Waals surface area contributed by atoms with Crippen molar-refractivity contribution in [1.29, 1.82) is 0 Å². The molecule has 0 aliphatic carbocycles. The third kappa shape index (κ3) is 5.65. The molecule has 1 aromatic rings. The zero-order valence-electron chi connectivity index (χ0n) is 14.5. The molecule has 0 aliphatic rings. The summed E-state index contributed by atoms with van der Waals surface area (Å²) in [5, 5.41) is 11.1. The van der Waals surface area contributed by atoms with Crippen LogP contribution in [0.1, 0.15) is 18.7 Å². The van der Waals surface area contributed by atoms with E-state index in [1.54, 1.807) is 0 Å². The fourth-order valence-corrected chi connectivity index (χ4v) is 2.48. The number of imidazole rings is 1. The minimum absolute atomic E-state index is 0.166. The zero-order valence-corrected chi connectivity index (χ0v) is 14.5. The topological polar surface area (TPSA) is 233 Å². The summed E-state index contributed by atoms with van der Waals surface area (Å²) in [6.45, 7) is 0.949. The summed E-state index contributed by atoms with van der Waals surface area (Å²) >= 11 is 0.